The summed E-state index contributed by atoms with van der Waals surface area (Å²) in [6, 6.07) is 11.8. The van der Waals surface area contributed by atoms with Crippen LogP contribution in [0.25, 0.3) is 5.69 Å². The normalized spacial score (nSPS) is 11.9. The number of benzene rings is 2. The number of carboxylic acids is 1. The van der Waals surface area contributed by atoms with Gasteiger partial charge in [-0.15, -0.1) is 5.10 Å². The number of aromatic nitrogens is 3. The summed E-state index contributed by atoms with van der Waals surface area (Å²) in [5, 5.41) is 19.1. The van der Waals surface area contributed by atoms with Crippen LogP contribution < -0.4 is 10.1 Å². The van der Waals surface area contributed by atoms with Gasteiger partial charge in [0.2, 0.25) is 0 Å². The summed E-state index contributed by atoms with van der Waals surface area (Å²) in [5.74, 6) is -1.63. The first-order valence-corrected chi connectivity index (χ1v) is 9.76. The van der Waals surface area contributed by atoms with Crippen molar-refractivity contribution in [3.63, 3.8) is 0 Å². The molecule has 0 aliphatic carbocycles. The lowest BCUT2D eigenvalue weighted by atomic mass is 10.0. The average Bonchev–Trinajstić information content (AvgIpc) is 3.19. The number of alkyl halides is 2. The van der Waals surface area contributed by atoms with Gasteiger partial charge in [0, 0.05) is 0 Å². The Kier molecular flexibility index (Phi) is 6.95. The highest BCUT2D eigenvalue weighted by atomic mass is 79.9. The summed E-state index contributed by atoms with van der Waals surface area (Å²) in [5.41, 5.74) is -0.515. The van der Waals surface area contributed by atoms with Gasteiger partial charge in [0.05, 0.1) is 29.7 Å². The number of hydrogen-bond acceptors (Lipinski definition) is 5. The van der Waals surface area contributed by atoms with Crippen molar-refractivity contribution in [3.8, 4) is 11.4 Å². The second kappa shape index (κ2) is 9.65. The van der Waals surface area contributed by atoms with Gasteiger partial charge >= 0.3 is 5.97 Å². The second-order valence-corrected chi connectivity index (χ2v) is 7.24. The molecule has 1 atom stereocenters. The van der Waals surface area contributed by atoms with Crippen LogP contribution in [0.2, 0.25) is 0 Å². The van der Waals surface area contributed by atoms with Gasteiger partial charge < -0.3 is 15.2 Å². The standard InChI is InChI=1S/C20H17BrF2N4O4/c1-31-15-8-7-11(9-13(15)21)14(10-16(28)29)24-20(30)17-18(19(22)23)27(26-25-17)12-5-3-2-4-6-12/h2-9,14,19H,10H2,1H3,(H,24,30)(H,28,29). The largest absolute Gasteiger partial charge is 0.496 e. The lowest BCUT2D eigenvalue weighted by Gasteiger charge is -2.18. The van der Waals surface area contributed by atoms with Crippen LogP contribution in [0, 0.1) is 0 Å². The maximum absolute atomic E-state index is 13.8. The molecule has 0 saturated carbocycles. The molecule has 3 aromatic rings. The lowest BCUT2D eigenvalue weighted by Crippen LogP contribution is -2.31. The van der Waals surface area contributed by atoms with Crippen LogP contribution in [0.4, 0.5) is 8.78 Å². The summed E-state index contributed by atoms with van der Waals surface area (Å²) in [6.07, 6.45) is -3.51. The van der Waals surface area contributed by atoms with Crippen molar-refractivity contribution in [1.82, 2.24) is 20.3 Å². The van der Waals surface area contributed by atoms with E-state index in [1.54, 1.807) is 48.5 Å². The number of hydrogen-bond donors (Lipinski definition) is 2. The predicted octanol–water partition coefficient (Wildman–Crippen LogP) is 3.92. The fraction of sp³-hybridized carbons (Fsp3) is 0.200. The molecule has 0 aliphatic rings. The fourth-order valence-electron chi connectivity index (χ4n) is 2.96. The molecule has 0 bridgehead atoms. The molecular weight excluding hydrogens is 478 g/mol. The highest BCUT2D eigenvalue weighted by molar-refractivity contribution is 9.10. The summed E-state index contributed by atoms with van der Waals surface area (Å²) in [4.78, 5) is 24.1. The predicted molar refractivity (Wildman–Crippen MR) is 109 cm³/mol. The van der Waals surface area contributed by atoms with E-state index in [1.807, 2.05) is 0 Å². The molecule has 2 N–H and O–H groups in total. The number of aliphatic carboxylic acids is 1. The Bertz CT molecular complexity index is 1090. The Labute approximate surface area is 184 Å². The monoisotopic (exact) mass is 494 g/mol. The summed E-state index contributed by atoms with van der Waals surface area (Å²) >= 11 is 3.30. The zero-order valence-corrected chi connectivity index (χ0v) is 17.7. The summed E-state index contributed by atoms with van der Waals surface area (Å²) in [6.45, 7) is 0. The minimum absolute atomic E-state index is 0.311. The first kappa shape index (κ1) is 22.3. The average molecular weight is 495 g/mol. The van der Waals surface area contributed by atoms with Crippen LogP contribution in [-0.2, 0) is 4.79 Å². The van der Waals surface area contributed by atoms with Gasteiger partial charge in [0.1, 0.15) is 11.4 Å². The van der Waals surface area contributed by atoms with Crippen LogP contribution in [0.1, 0.15) is 40.6 Å². The van der Waals surface area contributed by atoms with E-state index in [-0.39, 0.29) is 0 Å². The quantitative estimate of drug-likeness (QED) is 0.491. The van der Waals surface area contributed by atoms with Crippen molar-refractivity contribution < 1.29 is 28.2 Å². The van der Waals surface area contributed by atoms with E-state index in [0.29, 0.717) is 21.5 Å². The number of nitrogens with one attached hydrogen (secondary N) is 1. The van der Waals surface area contributed by atoms with E-state index in [4.69, 9.17) is 4.74 Å². The zero-order valence-electron chi connectivity index (χ0n) is 16.1. The number of nitrogens with zero attached hydrogens (tertiary/aromatic N) is 3. The molecule has 8 nitrogen and oxygen atoms in total. The van der Waals surface area contributed by atoms with Crippen LogP contribution in [0.3, 0.4) is 0 Å². The van der Waals surface area contributed by atoms with E-state index in [9.17, 15) is 23.5 Å². The van der Waals surface area contributed by atoms with Crippen molar-refractivity contribution >= 4 is 27.8 Å². The Morgan fingerprint density at radius 3 is 2.52 bits per heavy atom. The molecule has 1 unspecified atom stereocenters. The molecule has 0 fully saturated rings. The van der Waals surface area contributed by atoms with E-state index < -0.39 is 42.2 Å². The molecule has 31 heavy (non-hydrogen) atoms. The lowest BCUT2D eigenvalue weighted by molar-refractivity contribution is -0.137. The van der Waals surface area contributed by atoms with Crippen LogP contribution in [0.5, 0.6) is 5.75 Å². The second-order valence-electron chi connectivity index (χ2n) is 6.39. The highest BCUT2D eigenvalue weighted by Crippen LogP contribution is 2.30. The molecule has 0 spiro atoms. The molecule has 162 valence electrons. The van der Waals surface area contributed by atoms with Crippen molar-refractivity contribution in [2.45, 2.75) is 18.9 Å². The van der Waals surface area contributed by atoms with Crippen LogP contribution >= 0.6 is 15.9 Å². The van der Waals surface area contributed by atoms with Gasteiger partial charge in [-0.2, -0.15) is 0 Å². The van der Waals surface area contributed by atoms with E-state index >= 15 is 0 Å². The molecule has 11 heteroatoms. The molecule has 1 aromatic heterocycles. The highest BCUT2D eigenvalue weighted by Gasteiger charge is 2.29. The van der Waals surface area contributed by atoms with Crippen molar-refractivity contribution in [1.29, 1.82) is 0 Å². The molecule has 1 amide bonds. The zero-order chi connectivity index (χ0) is 22.5. The fourth-order valence-corrected chi connectivity index (χ4v) is 3.52. The molecule has 2 aromatic carbocycles. The molecule has 0 saturated heterocycles. The Morgan fingerprint density at radius 1 is 1.23 bits per heavy atom. The molecular formula is C20H17BrF2N4O4. The number of carboxylic acid groups (broad SMARTS) is 1. The van der Waals surface area contributed by atoms with Gasteiger partial charge in [-0.1, -0.05) is 29.5 Å². The van der Waals surface area contributed by atoms with Gasteiger partial charge in [-0.3, -0.25) is 9.59 Å². The molecule has 1 heterocycles. The topological polar surface area (TPSA) is 106 Å². The Morgan fingerprint density at radius 2 is 1.94 bits per heavy atom. The number of para-hydroxylation sites is 1. The number of halogens is 3. The number of rotatable bonds is 8. The number of methoxy groups -OCH3 is 1. The summed E-state index contributed by atoms with van der Waals surface area (Å²) < 4.78 is 34.1. The van der Waals surface area contributed by atoms with Crippen LogP contribution in [0.15, 0.2) is 53.0 Å². The SMILES string of the molecule is COc1ccc(C(CC(=O)O)NC(=O)c2nnn(-c3ccccc3)c2C(F)F)cc1Br. The maximum Gasteiger partial charge on any atom is 0.305 e. The number of amides is 1. The van der Waals surface area contributed by atoms with E-state index in [1.165, 1.54) is 7.11 Å². The molecule has 0 aliphatic heterocycles. The Hall–Kier alpha value is -3.34. The van der Waals surface area contributed by atoms with Crippen LogP contribution in [-0.4, -0.2) is 39.1 Å². The molecule has 3 rings (SSSR count). The number of carbonyl (C=O) groups is 2. The minimum Gasteiger partial charge on any atom is -0.496 e. The van der Waals surface area contributed by atoms with Gasteiger partial charge in [-0.05, 0) is 45.8 Å². The van der Waals surface area contributed by atoms with Crippen molar-refractivity contribution in [2.75, 3.05) is 7.11 Å². The van der Waals surface area contributed by atoms with Crippen molar-refractivity contribution in [3.05, 3.63) is 70.0 Å². The number of carbonyl (C=O) groups excluding carboxylic acids is 1. The van der Waals surface area contributed by atoms with E-state index in [0.717, 1.165) is 4.68 Å². The first-order valence-electron chi connectivity index (χ1n) is 8.97. The first-order chi connectivity index (χ1) is 14.8. The summed E-state index contributed by atoms with van der Waals surface area (Å²) in [7, 11) is 1.47. The third-order valence-corrected chi connectivity index (χ3v) is 5.01. The van der Waals surface area contributed by atoms with E-state index in [2.05, 4.69) is 31.6 Å². The maximum atomic E-state index is 13.8. The smallest absolute Gasteiger partial charge is 0.305 e. The Balaban J connectivity index is 1.94. The van der Waals surface area contributed by atoms with Gasteiger partial charge in [0.15, 0.2) is 5.69 Å². The third-order valence-electron chi connectivity index (χ3n) is 4.39. The van der Waals surface area contributed by atoms with Crippen molar-refractivity contribution in [2.24, 2.45) is 0 Å². The van der Waals surface area contributed by atoms with Gasteiger partial charge in [0.25, 0.3) is 12.3 Å². The molecule has 0 radical (unpaired) electrons. The number of ether oxygens (including phenoxy) is 1. The van der Waals surface area contributed by atoms with Gasteiger partial charge in [-0.25, -0.2) is 13.5 Å². The minimum atomic E-state index is -3.04. The third kappa shape index (κ3) is 5.05.